The Balaban J connectivity index is 1.73. The second-order valence-electron chi connectivity index (χ2n) is 6.43. The van der Waals surface area contributed by atoms with Gasteiger partial charge in [0.1, 0.15) is 0 Å². The molecule has 1 aromatic heterocycles. The summed E-state index contributed by atoms with van der Waals surface area (Å²) >= 11 is 0. The number of urea groups is 1. The smallest absolute Gasteiger partial charge is 0.315 e. The van der Waals surface area contributed by atoms with Crippen LogP contribution in [0.15, 0.2) is 24.4 Å². The minimum Gasteiger partial charge on any atom is -0.338 e. The molecule has 122 valence electrons. The van der Waals surface area contributed by atoms with Crippen molar-refractivity contribution in [2.75, 3.05) is 19.6 Å². The van der Waals surface area contributed by atoms with Gasteiger partial charge in [0.05, 0.1) is 11.7 Å². The number of carbonyl (C=O) groups excluding carboxylic acids is 1. The Morgan fingerprint density at radius 3 is 2.91 bits per heavy atom. The lowest BCUT2D eigenvalue weighted by Gasteiger charge is -2.35. The maximum absolute atomic E-state index is 12.0. The van der Waals surface area contributed by atoms with E-state index in [1.54, 1.807) is 6.20 Å². The van der Waals surface area contributed by atoms with Gasteiger partial charge < -0.3 is 15.5 Å². The largest absolute Gasteiger partial charge is 0.338 e. The zero-order chi connectivity index (χ0) is 15.9. The number of aromatic nitrogens is 1. The molecule has 2 amide bonds. The highest BCUT2D eigenvalue weighted by molar-refractivity contribution is 5.74. The summed E-state index contributed by atoms with van der Waals surface area (Å²) in [6.45, 7) is 9.41. The van der Waals surface area contributed by atoms with E-state index in [0.29, 0.717) is 12.0 Å². The molecule has 0 aromatic carbocycles. The molecule has 1 fully saturated rings. The van der Waals surface area contributed by atoms with Crippen LogP contribution in [0.25, 0.3) is 0 Å². The normalized spacial score (nSPS) is 20.6. The summed E-state index contributed by atoms with van der Waals surface area (Å²) in [5.41, 5.74) is 0.876. The van der Waals surface area contributed by atoms with Gasteiger partial charge in [-0.05, 0) is 58.2 Å². The molecule has 0 saturated carbocycles. The molecule has 2 N–H and O–H groups in total. The Hall–Kier alpha value is -1.62. The van der Waals surface area contributed by atoms with Crippen molar-refractivity contribution < 1.29 is 4.79 Å². The second kappa shape index (κ2) is 8.13. The van der Waals surface area contributed by atoms with Crippen molar-refractivity contribution in [3.63, 3.8) is 0 Å². The number of nitrogens with zero attached hydrogens (tertiary/aromatic N) is 2. The minimum atomic E-state index is -0.111. The molecule has 2 heterocycles. The first-order chi connectivity index (χ1) is 10.6. The first-order valence-electron chi connectivity index (χ1n) is 8.25. The molecule has 22 heavy (non-hydrogen) atoms. The first kappa shape index (κ1) is 16.7. The van der Waals surface area contributed by atoms with E-state index in [1.165, 1.54) is 19.4 Å². The number of likely N-dealkylation sites (tertiary alicyclic amines) is 1. The van der Waals surface area contributed by atoms with Crippen molar-refractivity contribution in [1.82, 2.24) is 20.5 Å². The lowest BCUT2D eigenvalue weighted by atomic mass is 9.97. The maximum Gasteiger partial charge on any atom is 0.315 e. The lowest BCUT2D eigenvalue weighted by molar-refractivity contribution is 0.139. The summed E-state index contributed by atoms with van der Waals surface area (Å²) in [5, 5.41) is 5.95. The predicted molar refractivity (Wildman–Crippen MR) is 88.6 cm³/mol. The van der Waals surface area contributed by atoms with Gasteiger partial charge in [-0.15, -0.1) is 0 Å². The van der Waals surface area contributed by atoms with E-state index in [4.69, 9.17) is 0 Å². The Bertz CT molecular complexity index is 463. The number of rotatable bonds is 5. The number of hydrogen-bond donors (Lipinski definition) is 2. The first-order valence-corrected chi connectivity index (χ1v) is 8.25. The summed E-state index contributed by atoms with van der Waals surface area (Å²) in [7, 11) is 0. The van der Waals surface area contributed by atoms with Crippen molar-refractivity contribution in [2.24, 2.45) is 5.92 Å². The van der Waals surface area contributed by atoms with Gasteiger partial charge >= 0.3 is 6.03 Å². The monoisotopic (exact) mass is 304 g/mol. The lowest BCUT2D eigenvalue weighted by Crippen LogP contribution is -2.45. The fourth-order valence-corrected chi connectivity index (χ4v) is 2.92. The van der Waals surface area contributed by atoms with Crippen molar-refractivity contribution in [3.05, 3.63) is 30.1 Å². The van der Waals surface area contributed by atoms with Crippen LogP contribution < -0.4 is 10.6 Å². The van der Waals surface area contributed by atoms with E-state index < -0.39 is 0 Å². The van der Waals surface area contributed by atoms with Gasteiger partial charge in [-0.2, -0.15) is 0 Å². The number of pyridine rings is 1. The Morgan fingerprint density at radius 2 is 2.23 bits per heavy atom. The van der Waals surface area contributed by atoms with E-state index in [2.05, 4.69) is 34.4 Å². The van der Waals surface area contributed by atoms with E-state index in [9.17, 15) is 4.79 Å². The molecular weight excluding hydrogens is 276 g/mol. The van der Waals surface area contributed by atoms with Crippen molar-refractivity contribution in [2.45, 2.75) is 45.7 Å². The average molecular weight is 304 g/mol. The zero-order valence-corrected chi connectivity index (χ0v) is 13.9. The maximum atomic E-state index is 12.0. The number of amides is 2. The SMILES string of the molecule is CC(NC(=O)NCC1CCCN(C(C)C)C1)c1ccccn1. The van der Waals surface area contributed by atoms with Gasteiger partial charge in [-0.3, -0.25) is 4.98 Å². The number of hydrogen-bond acceptors (Lipinski definition) is 3. The van der Waals surface area contributed by atoms with Gasteiger partial charge in [0.25, 0.3) is 0 Å². The average Bonchev–Trinajstić information content (AvgIpc) is 2.54. The zero-order valence-electron chi connectivity index (χ0n) is 13.9. The van der Waals surface area contributed by atoms with Gasteiger partial charge in [-0.25, -0.2) is 4.79 Å². The van der Waals surface area contributed by atoms with E-state index >= 15 is 0 Å². The fraction of sp³-hybridized carbons (Fsp3) is 0.647. The Labute approximate surface area is 133 Å². The molecule has 1 aliphatic rings. The van der Waals surface area contributed by atoms with Crippen LogP contribution in [0.1, 0.15) is 45.3 Å². The molecule has 5 heteroatoms. The van der Waals surface area contributed by atoms with E-state index in [-0.39, 0.29) is 12.1 Å². The van der Waals surface area contributed by atoms with E-state index in [1.807, 2.05) is 25.1 Å². The summed E-state index contributed by atoms with van der Waals surface area (Å²) in [6, 6.07) is 6.12. The summed E-state index contributed by atoms with van der Waals surface area (Å²) < 4.78 is 0. The van der Waals surface area contributed by atoms with Crippen molar-refractivity contribution in [1.29, 1.82) is 0 Å². The molecular formula is C17H28N4O. The molecule has 2 rings (SSSR count). The molecule has 2 atom stereocenters. The van der Waals surface area contributed by atoms with Crippen molar-refractivity contribution >= 4 is 6.03 Å². The molecule has 0 radical (unpaired) electrons. The highest BCUT2D eigenvalue weighted by Crippen LogP contribution is 2.17. The Kier molecular flexibility index (Phi) is 6.19. The standard InChI is InChI=1S/C17H28N4O/c1-13(2)21-10-6-7-15(12-21)11-19-17(22)20-14(3)16-8-4-5-9-18-16/h4-5,8-9,13-15H,6-7,10-12H2,1-3H3,(H2,19,20,22). The van der Waals surface area contributed by atoms with Crippen LogP contribution in [0.4, 0.5) is 4.79 Å². The Morgan fingerprint density at radius 1 is 1.41 bits per heavy atom. The highest BCUT2D eigenvalue weighted by atomic mass is 16.2. The van der Waals surface area contributed by atoms with Crippen LogP contribution in [0.2, 0.25) is 0 Å². The number of nitrogens with one attached hydrogen (secondary N) is 2. The van der Waals surface area contributed by atoms with Gasteiger partial charge in [0, 0.05) is 25.3 Å². The van der Waals surface area contributed by atoms with Crippen LogP contribution >= 0.6 is 0 Å². The third-order valence-electron chi connectivity index (χ3n) is 4.31. The van der Waals surface area contributed by atoms with Crippen LogP contribution in [0.5, 0.6) is 0 Å². The van der Waals surface area contributed by atoms with Crippen LogP contribution in [0.3, 0.4) is 0 Å². The van der Waals surface area contributed by atoms with Crippen molar-refractivity contribution in [3.8, 4) is 0 Å². The second-order valence-corrected chi connectivity index (χ2v) is 6.43. The van der Waals surface area contributed by atoms with Crippen LogP contribution in [-0.4, -0.2) is 41.6 Å². The number of piperidine rings is 1. The van der Waals surface area contributed by atoms with Gasteiger partial charge in [0.2, 0.25) is 0 Å². The van der Waals surface area contributed by atoms with Gasteiger partial charge in [0.15, 0.2) is 0 Å². The summed E-state index contributed by atoms with van der Waals surface area (Å²) in [6.07, 6.45) is 4.16. The predicted octanol–water partition coefficient (Wildman–Crippen LogP) is 2.56. The minimum absolute atomic E-state index is 0.0836. The highest BCUT2D eigenvalue weighted by Gasteiger charge is 2.22. The van der Waals surface area contributed by atoms with Gasteiger partial charge in [-0.1, -0.05) is 6.07 Å². The molecule has 2 unspecified atom stereocenters. The number of carbonyl (C=O) groups is 1. The molecule has 1 aromatic rings. The van der Waals surface area contributed by atoms with Crippen LogP contribution in [-0.2, 0) is 0 Å². The molecule has 5 nitrogen and oxygen atoms in total. The quantitative estimate of drug-likeness (QED) is 0.879. The topological polar surface area (TPSA) is 57.3 Å². The van der Waals surface area contributed by atoms with Crippen LogP contribution in [0, 0.1) is 5.92 Å². The molecule has 1 aliphatic heterocycles. The van der Waals surface area contributed by atoms with E-state index in [0.717, 1.165) is 18.8 Å². The fourth-order valence-electron chi connectivity index (χ4n) is 2.92. The molecule has 0 spiro atoms. The summed E-state index contributed by atoms with van der Waals surface area (Å²) in [4.78, 5) is 18.8. The summed E-state index contributed by atoms with van der Waals surface area (Å²) in [5.74, 6) is 0.548. The third-order valence-corrected chi connectivity index (χ3v) is 4.31. The molecule has 1 saturated heterocycles. The molecule has 0 aliphatic carbocycles. The third kappa shape index (κ3) is 4.98. The molecule has 0 bridgehead atoms.